The maximum absolute atomic E-state index is 5.65. The first kappa shape index (κ1) is 13.3. The first-order valence-corrected chi connectivity index (χ1v) is 5.84. The van der Waals surface area contributed by atoms with Crippen LogP contribution >= 0.6 is 0 Å². The summed E-state index contributed by atoms with van der Waals surface area (Å²) in [7, 11) is 0. The second-order valence-corrected chi connectivity index (χ2v) is 5.23. The summed E-state index contributed by atoms with van der Waals surface area (Å²) in [5.41, 5.74) is 2.55. The number of ether oxygens (including phenoxy) is 1. The molecule has 0 radical (unpaired) electrons. The minimum absolute atomic E-state index is 0.131. The Hall–Kier alpha value is -0.810. The lowest BCUT2D eigenvalue weighted by Crippen LogP contribution is -2.55. The van der Waals surface area contributed by atoms with Crippen molar-refractivity contribution in [2.75, 3.05) is 26.2 Å². The standard InChI is InChI=1S/C11H24N4O/c1-9(2)7-13-10(14-12)15-5-6-16-11(3,4)8-15/h9H,5-8,12H2,1-4H3,(H,13,14). The van der Waals surface area contributed by atoms with E-state index in [0.717, 1.165) is 32.2 Å². The van der Waals surface area contributed by atoms with Crippen molar-refractivity contribution < 1.29 is 4.74 Å². The topological polar surface area (TPSA) is 62.9 Å². The molecule has 1 fully saturated rings. The number of hydrogen-bond acceptors (Lipinski definition) is 3. The van der Waals surface area contributed by atoms with Gasteiger partial charge in [0, 0.05) is 19.6 Å². The number of aliphatic imine (C=N–C) groups is 1. The van der Waals surface area contributed by atoms with Crippen LogP contribution in [0.1, 0.15) is 27.7 Å². The van der Waals surface area contributed by atoms with E-state index in [0.29, 0.717) is 5.92 Å². The molecule has 0 aromatic rings. The quantitative estimate of drug-likeness (QED) is 0.314. The highest BCUT2D eigenvalue weighted by molar-refractivity contribution is 5.79. The number of nitrogens with two attached hydrogens (primary N) is 1. The van der Waals surface area contributed by atoms with Gasteiger partial charge in [0.05, 0.1) is 12.2 Å². The van der Waals surface area contributed by atoms with E-state index in [-0.39, 0.29) is 5.60 Å². The minimum atomic E-state index is -0.131. The summed E-state index contributed by atoms with van der Waals surface area (Å²) in [6, 6.07) is 0. The predicted octanol–water partition coefficient (Wildman–Crippen LogP) is 0.573. The average molecular weight is 228 g/mol. The first-order valence-electron chi connectivity index (χ1n) is 5.84. The third-order valence-corrected chi connectivity index (χ3v) is 2.46. The molecule has 0 spiro atoms. The third kappa shape index (κ3) is 3.98. The van der Waals surface area contributed by atoms with Crippen molar-refractivity contribution in [3.63, 3.8) is 0 Å². The van der Waals surface area contributed by atoms with Gasteiger partial charge in [0.1, 0.15) is 0 Å². The normalized spacial score (nSPS) is 21.4. The fourth-order valence-electron chi connectivity index (χ4n) is 1.70. The Labute approximate surface area is 98.0 Å². The van der Waals surface area contributed by atoms with Gasteiger partial charge in [-0.1, -0.05) is 13.8 Å². The van der Waals surface area contributed by atoms with Crippen molar-refractivity contribution in [3.05, 3.63) is 0 Å². The van der Waals surface area contributed by atoms with Crippen LogP contribution in [-0.4, -0.2) is 42.7 Å². The molecule has 0 saturated carbocycles. The van der Waals surface area contributed by atoms with Crippen LogP contribution in [0, 0.1) is 5.92 Å². The van der Waals surface area contributed by atoms with E-state index in [2.05, 4.69) is 43.0 Å². The number of morpholine rings is 1. The fourth-order valence-corrected chi connectivity index (χ4v) is 1.70. The van der Waals surface area contributed by atoms with E-state index in [1.54, 1.807) is 0 Å². The number of nitrogens with one attached hydrogen (secondary N) is 1. The lowest BCUT2D eigenvalue weighted by Gasteiger charge is -2.39. The Morgan fingerprint density at radius 3 is 2.75 bits per heavy atom. The maximum atomic E-state index is 5.65. The highest BCUT2D eigenvalue weighted by atomic mass is 16.5. The third-order valence-electron chi connectivity index (χ3n) is 2.46. The molecule has 0 aromatic carbocycles. The largest absolute Gasteiger partial charge is 0.372 e. The van der Waals surface area contributed by atoms with Crippen molar-refractivity contribution in [2.24, 2.45) is 16.8 Å². The van der Waals surface area contributed by atoms with Gasteiger partial charge < -0.3 is 9.64 Å². The van der Waals surface area contributed by atoms with Gasteiger partial charge in [-0.15, -0.1) is 0 Å². The zero-order valence-electron chi connectivity index (χ0n) is 10.8. The van der Waals surface area contributed by atoms with Crippen LogP contribution in [0.2, 0.25) is 0 Å². The van der Waals surface area contributed by atoms with Crippen molar-refractivity contribution in [1.29, 1.82) is 0 Å². The molecule has 1 aliphatic rings. The van der Waals surface area contributed by atoms with Crippen LogP contribution in [0.15, 0.2) is 4.99 Å². The minimum Gasteiger partial charge on any atom is -0.372 e. The van der Waals surface area contributed by atoms with Gasteiger partial charge in [-0.05, 0) is 19.8 Å². The van der Waals surface area contributed by atoms with E-state index in [9.17, 15) is 0 Å². The van der Waals surface area contributed by atoms with Gasteiger partial charge in [-0.2, -0.15) is 0 Å². The lowest BCUT2D eigenvalue weighted by atomic mass is 10.1. The summed E-state index contributed by atoms with van der Waals surface area (Å²) in [5.74, 6) is 6.82. The predicted molar refractivity (Wildman–Crippen MR) is 66.1 cm³/mol. The SMILES string of the molecule is CC(C)CN=C(NN)N1CCOC(C)(C)C1. The molecule has 3 N–H and O–H groups in total. The van der Waals surface area contributed by atoms with E-state index in [1.165, 1.54) is 0 Å². The lowest BCUT2D eigenvalue weighted by molar-refractivity contribution is -0.0685. The van der Waals surface area contributed by atoms with E-state index < -0.39 is 0 Å². The highest BCUT2D eigenvalue weighted by Crippen LogP contribution is 2.16. The Morgan fingerprint density at radius 1 is 1.56 bits per heavy atom. The van der Waals surface area contributed by atoms with Crippen molar-refractivity contribution in [1.82, 2.24) is 10.3 Å². The van der Waals surface area contributed by atoms with Crippen LogP contribution in [0.25, 0.3) is 0 Å². The number of hydrazine groups is 1. The van der Waals surface area contributed by atoms with Crippen LogP contribution in [0.4, 0.5) is 0 Å². The summed E-state index contributed by atoms with van der Waals surface area (Å²) >= 11 is 0. The second-order valence-electron chi connectivity index (χ2n) is 5.23. The zero-order valence-corrected chi connectivity index (χ0v) is 10.8. The Bertz CT molecular complexity index is 250. The van der Waals surface area contributed by atoms with Gasteiger partial charge in [-0.25, -0.2) is 5.84 Å². The maximum Gasteiger partial charge on any atom is 0.208 e. The van der Waals surface area contributed by atoms with Gasteiger partial charge >= 0.3 is 0 Å². The smallest absolute Gasteiger partial charge is 0.208 e. The fraction of sp³-hybridized carbons (Fsp3) is 0.909. The summed E-state index contributed by atoms with van der Waals surface area (Å²) in [6.45, 7) is 11.6. The Morgan fingerprint density at radius 2 is 2.25 bits per heavy atom. The monoisotopic (exact) mass is 228 g/mol. The van der Waals surface area contributed by atoms with Crippen LogP contribution in [0.3, 0.4) is 0 Å². The second kappa shape index (κ2) is 5.50. The summed E-state index contributed by atoms with van der Waals surface area (Å²) in [6.07, 6.45) is 0. The molecule has 1 heterocycles. The Kier molecular flexibility index (Phi) is 4.56. The molecule has 0 amide bonds. The van der Waals surface area contributed by atoms with E-state index in [4.69, 9.17) is 10.6 Å². The molecule has 94 valence electrons. The van der Waals surface area contributed by atoms with Crippen LogP contribution in [-0.2, 0) is 4.74 Å². The molecular weight excluding hydrogens is 204 g/mol. The van der Waals surface area contributed by atoms with E-state index >= 15 is 0 Å². The molecule has 0 aliphatic carbocycles. The number of nitrogens with zero attached hydrogens (tertiary/aromatic N) is 2. The highest BCUT2D eigenvalue weighted by Gasteiger charge is 2.28. The number of hydrogen-bond donors (Lipinski definition) is 2. The van der Waals surface area contributed by atoms with Crippen LogP contribution < -0.4 is 11.3 Å². The summed E-state index contributed by atoms with van der Waals surface area (Å²) in [4.78, 5) is 6.63. The molecule has 5 nitrogen and oxygen atoms in total. The summed E-state index contributed by atoms with van der Waals surface area (Å²) < 4.78 is 5.65. The van der Waals surface area contributed by atoms with E-state index in [1.807, 2.05) is 0 Å². The molecule has 1 rings (SSSR count). The molecule has 1 aliphatic heterocycles. The van der Waals surface area contributed by atoms with Crippen molar-refractivity contribution >= 4 is 5.96 Å². The zero-order chi connectivity index (χ0) is 12.2. The van der Waals surface area contributed by atoms with Gasteiger partial charge in [0.15, 0.2) is 0 Å². The summed E-state index contributed by atoms with van der Waals surface area (Å²) in [5, 5.41) is 0. The molecule has 1 saturated heterocycles. The molecule has 0 aromatic heterocycles. The molecule has 0 unspecified atom stereocenters. The first-order chi connectivity index (χ1) is 7.44. The van der Waals surface area contributed by atoms with Gasteiger partial charge in [0.2, 0.25) is 5.96 Å². The van der Waals surface area contributed by atoms with Crippen LogP contribution in [0.5, 0.6) is 0 Å². The average Bonchev–Trinajstić information content (AvgIpc) is 2.16. The van der Waals surface area contributed by atoms with Crippen molar-refractivity contribution in [2.45, 2.75) is 33.3 Å². The van der Waals surface area contributed by atoms with Gasteiger partial charge in [0.25, 0.3) is 0 Å². The molecular formula is C11H24N4O. The Balaban J connectivity index is 2.62. The van der Waals surface area contributed by atoms with Gasteiger partial charge in [-0.3, -0.25) is 10.4 Å². The molecule has 0 atom stereocenters. The number of rotatable bonds is 2. The van der Waals surface area contributed by atoms with Crippen molar-refractivity contribution in [3.8, 4) is 0 Å². The molecule has 5 heteroatoms. The molecule has 16 heavy (non-hydrogen) atoms. The molecule has 0 bridgehead atoms. The number of guanidine groups is 1.